The van der Waals surface area contributed by atoms with Gasteiger partial charge in [0.1, 0.15) is 23.0 Å². The average molecular weight is 433 g/mol. The number of carbonyl (C=O) groups is 1. The van der Waals surface area contributed by atoms with Crippen molar-refractivity contribution in [2.45, 2.75) is 25.2 Å². The Morgan fingerprint density at radius 2 is 2.19 bits per heavy atom. The lowest BCUT2D eigenvalue weighted by molar-refractivity contribution is 0.0693. The minimum absolute atomic E-state index is 0.0311. The van der Waals surface area contributed by atoms with Gasteiger partial charge in [-0.15, -0.1) is 0 Å². The number of hydrogen-bond donors (Lipinski definition) is 1. The lowest BCUT2D eigenvalue weighted by atomic mass is 9.97. The van der Waals surface area contributed by atoms with Crippen molar-refractivity contribution in [2.24, 2.45) is 0 Å². The Hall–Kier alpha value is -3.61. The van der Waals surface area contributed by atoms with Crippen LogP contribution >= 0.6 is 0 Å². The lowest BCUT2D eigenvalue weighted by Crippen LogP contribution is -2.39. The van der Waals surface area contributed by atoms with E-state index < -0.39 is 0 Å². The molecule has 1 atom stereocenters. The van der Waals surface area contributed by atoms with E-state index >= 15 is 0 Å². The minimum Gasteiger partial charge on any atom is -0.497 e. The molecule has 0 saturated carbocycles. The zero-order valence-corrected chi connectivity index (χ0v) is 17.8. The van der Waals surface area contributed by atoms with Crippen molar-refractivity contribution in [2.75, 3.05) is 20.2 Å². The molecule has 2 aromatic heterocycles. The van der Waals surface area contributed by atoms with E-state index in [9.17, 15) is 9.18 Å². The molecule has 32 heavy (non-hydrogen) atoms. The van der Waals surface area contributed by atoms with Crippen LogP contribution in [-0.4, -0.2) is 41.0 Å². The van der Waals surface area contributed by atoms with Gasteiger partial charge in [0.15, 0.2) is 5.89 Å². The van der Waals surface area contributed by atoms with Gasteiger partial charge in [0.25, 0.3) is 5.91 Å². The Morgan fingerprint density at radius 3 is 3.03 bits per heavy atom. The molecule has 0 bridgehead atoms. The second-order valence-corrected chi connectivity index (χ2v) is 8.20. The number of hydrogen-bond acceptors (Lipinski definition) is 4. The van der Waals surface area contributed by atoms with Crippen molar-refractivity contribution in [3.8, 4) is 5.75 Å². The highest BCUT2D eigenvalue weighted by Crippen LogP contribution is 2.29. The van der Waals surface area contributed by atoms with Gasteiger partial charge in [-0.2, -0.15) is 0 Å². The molecule has 5 rings (SSSR count). The molecular weight excluding hydrogens is 409 g/mol. The van der Waals surface area contributed by atoms with Crippen molar-refractivity contribution in [3.63, 3.8) is 0 Å². The molecule has 164 valence electrons. The van der Waals surface area contributed by atoms with Gasteiger partial charge in [-0.3, -0.25) is 4.79 Å². The summed E-state index contributed by atoms with van der Waals surface area (Å²) in [6, 6.07) is 14.0. The number of amides is 1. The van der Waals surface area contributed by atoms with E-state index in [0.29, 0.717) is 36.9 Å². The molecule has 1 aliphatic heterocycles. The Bertz CT molecular complexity index is 1260. The summed E-state index contributed by atoms with van der Waals surface area (Å²) >= 11 is 0. The minimum atomic E-state index is -0.265. The number of aromatic amines is 1. The van der Waals surface area contributed by atoms with Crippen molar-refractivity contribution in [1.29, 1.82) is 0 Å². The zero-order chi connectivity index (χ0) is 22.1. The largest absolute Gasteiger partial charge is 0.497 e. The molecule has 1 aliphatic rings. The van der Waals surface area contributed by atoms with Crippen LogP contribution in [0.4, 0.5) is 4.39 Å². The molecule has 7 heteroatoms. The van der Waals surface area contributed by atoms with Crippen molar-refractivity contribution < 1.29 is 18.3 Å². The molecule has 0 radical (unpaired) electrons. The number of carbonyl (C=O) groups excluding carboxylic acids is 1. The maximum absolute atomic E-state index is 13.4. The Kier molecular flexibility index (Phi) is 5.39. The third-order valence-corrected chi connectivity index (χ3v) is 5.95. The van der Waals surface area contributed by atoms with E-state index in [-0.39, 0.29) is 17.6 Å². The van der Waals surface area contributed by atoms with Crippen molar-refractivity contribution in [3.05, 3.63) is 83.5 Å². The fraction of sp³-hybridized carbons (Fsp3) is 0.280. The van der Waals surface area contributed by atoms with Crippen LogP contribution < -0.4 is 4.74 Å². The van der Waals surface area contributed by atoms with Crippen LogP contribution in [-0.2, 0) is 6.42 Å². The number of H-pyrrole nitrogens is 1. The molecule has 0 spiro atoms. The van der Waals surface area contributed by atoms with Crippen molar-refractivity contribution >= 4 is 16.8 Å². The van der Waals surface area contributed by atoms with E-state index in [1.807, 2.05) is 35.2 Å². The molecule has 3 heterocycles. The SMILES string of the molecule is COc1ccc2[nH]c(C(=O)N3CCC[C@H](c4ncc(Cc5cccc(F)c5)o4)C3)cc2c1. The van der Waals surface area contributed by atoms with E-state index in [0.717, 1.165) is 35.1 Å². The van der Waals surface area contributed by atoms with E-state index in [2.05, 4.69) is 9.97 Å². The number of benzene rings is 2. The monoisotopic (exact) mass is 433 g/mol. The molecule has 0 aliphatic carbocycles. The number of nitrogens with one attached hydrogen (secondary N) is 1. The van der Waals surface area contributed by atoms with Crippen LogP contribution in [0.1, 0.15) is 46.5 Å². The Morgan fingerprint density at radius 1 is 1.28 bits per heavy atom. The van der Waals surface area contributed by atoms with Crippen LogP contribution in [0.25, 0.3) is 10.9 Å². The van der Waals surface area contributed by atoms with E-state index in [4.69, 9.17) is 9.15 Å². The van der Waals surface area contributed by atoms with Gasteiger partial charge in [0, 0.05) is 30.4 Å². The molecule has 1 amide bonds. The second kappa shape index (κ2) is 8.49. The number of aromatic nitrogens is 2. The number of oxazole rings is 1. The van der Waals surface area contributed by atoms with Gasteiger partial charge >= 0.3 is 0 Å². The third-order valence-electron chi connectivity index (χ3n) is 5.95. The summed E-state index contributed by atoms with van der Waals surface area (Å²) in [5.41, 5.74) is 2.30. The van der Waals surface area contributed by atoms with E-state index in [1.54, 1.807) is 19.4 Å². The van der Waals surface area contributed by atoms with Gasteiger partial charge in [-0.1, -0.05) is 12.1 Å². The van der Waals surface area contributed by atoms with Gasteiger partial charge in [0.2, 0.25) is 0 Å². The number of likely N-dealkylation sites (tertiary alicyclic amines) is 1. The smallest absolute Gasteiger partial charge is 0.270 e. The van der Waals surface area contributed by atoms with Crippen LogP contribution in [0.2, 0.25) is 0 Å². The Labute approximate surface area is 185 Å². The van der Waals surface area contributed by atoms with Gasteiger partial charge in [-0.05, 0) is 54.8 Å². The van der Waals surface area contributed by atoms with Crippen LogP contribution in [0, 0.1) is 5.82 Å². The summed E-state index contributed by atoms with van der Waals surface area (Å²) in [4.78, 5) is 22.7. The van der Waals surface area contributed by atoms with Gasteiger partial charge < -0.3 is 19.0 Å². The Balaban J connectivity index is 1.29. The number of fused-ring (bicyclic) bond motifs is 1. The summed E-state index contributed by atoms with van der Waals surface area (Å²) < 4.78 is 24.7. The first-order chi connectivity index (χ1) is 15.6. The average Bonchev–Trinajstić information content (AvgIpc) is 3.45. The maximum Gasteiger partial charge on any atom is 0.270 e. The standard InChI is InChI=1S/C25H24FN3O3/c1-31-20-7-8-22-18(12-20)13-23(28-22)25(30)29-9-3-5-17(15-29)24-27-14-21(32-24)11-16-4-2-6-19(26)10-16/h2,4,6-8,10,12-14,17,28H,3,5,9,11,15H2,1H3/t17-/m0/s1. The number of piperidine rings is 1. The number of nitrogens with zero attached hydrogens (tertiary/aromatic N) is 2. The highest BCUT2D eigenvalue weighted by atomic mass is 19.1. The topological polar surface area (TPSA) is 71.4 Å². The summed E-state index contributed by atoms with van der Waals surface area (Å²) in [7, 11) is 1.62. The van der Waals surface area contributed by atoms with Crippen LogP contribution in [0.5, 0.6) is 5.75 Å². The highest BCUT2D eigenvalue weighted by molar-refractivity contribution is 5.98. The molecule has 4 aromatic rings. The molecule has 6 nitrogen and oxygen atoms in total. The summed E-state index contributed by atoms with van der Waals surface area (Å²) in [5.74, 6) is 1.83. The molecule has 0 unspecified atom stereocenters. The number of methoxy groups -OCH3 is 1. The second-order valence-electron chi connectivity index (χ2n) is 8.20. The van der Waals surface area contributed by atoms with Crippen LogP contribution in [0.15, 0.2) is 59.1 Å². The van der Waals surface area contributed by atoms with Crippen molar-refractivity contribution in [1.82, 2.24) is 14.9 Å². The molecule has 2 aromatic carbocycles. The van der Waals surface area contributed by atoms with Gasteiger partial charge in [-0.25, -0.2) is 9.37 Å². The number of halogens is 1. The molecular formula is C25H24FN3O3. The maximum atomic E-state index is 13.4. The van der Waals surface area contributed by atoms with E-state index in [1.165, 1.54) is 12.1 Å². The molecule has 1 N–H and O–H groups in total. The normalized spacial score (nSPS) is 16.4. The fourth-order valence-corrected chi connectivity index (χ4v) is 4.33. The zero-order valence-electron chi connectivity index (χ0n) is 17.8. The first-order valence-corrected chi connectivity index (χ1v) is 10.7. The third kappa shape index (κ3) is 4.10. The quantitative estimate of drug-likeness (QED) is 0.485. The summed E-state index contributed by atoms with van der Waals surface area (Å²) in [6.07, 6.45) is 3.98. The predicted octanol–water partition coefficient (Wildman–Crippen LogP) is 4.91. The first-order valence-electron chi connectivity index (χ1n) is 10.7. The number of rotatable bonds is 5. The molecule has 1 fully saturated rings. The lowest BCUT2D eigenvalue weighted by Gasteiger charge is -2.31. The fourth-order valence-electron chi connectivity index (χ4n) is 4.33. The van der Waals surface area contributed by atoms with Crippen LogP contribution in [0.3, 0.4) is 0 Å². The molecule has 1 saturated heterocycles. The van der Waals surface area contributed by atoms with Gasteiger partial charge in [0.05, 0.1) is 19.2 Å². The summed E-state index contributed by atoms with van der Waals surface area (Å²) in [5, 5.41) is 0.941. The summed E-state index contributed by atoms with van der Waals surface area (Å²) in [6.45, 7) is 1.25. The number of ether oxygens (including phenoxy) is 1. The first kappa shape index (κ1) is 20.3. The predicted molar refractivity (Wildman–Crippen MR) is 118 cm³/mol. The highest BCUT2D eigenvalue weighted by Gasteiger charge is 2.29.